The van der Waals surface area contributed by atoms with Gasteiger partial charge in [0, 0.05) is 11.8 Å². The first-order chi connectivity index (χ1) is 11.8. The molecular weight excluding hydrogens is 356 g/mol. The Balaban J connectivity index is 2.22. The van der Waals surface area contributed by atoms with Gasteiger partial charge < -0.3 is 0 Å². The highest BCUT2D eigenvalue weighted by Gasteiger charge is 2.29. The van der Waals surface area contributed by atoms with Crippen LogP contribution < -0.4 is 5.43 Å². The highest BCUT2D eigenvalue weighted by molar-refractivity contribution is 7.73. The molecule has 0 saturated heterocycles. The van der Waals surface area contributed by atoms with E-state index in [1.54, 1.807) is 0 Å². The minimum absolute atomic E-state index is 0.215. The molecule has 0 fully saturated rings. The molecule has 2 N–H and O–H groups in total. The largest absolute Gasteiger partial charge is 0.273 e. The molecule has 0 aliphatic carbocycles. The number of anilines is 1. The van der Waals surface area contributed by atoms with Crippen molar-refractivity contribution in [1.82, 2.24) is 15.2 Å². The van der Waals surface area contributed by atoms with Gasteiger partial charge in [-0.2, -0.15) is 0 Å². The minimum atomic E-state index is -0.561. The van der Waals surface area contributed by atoms with Gasteiger partial charge >= 0.3 is 0 Å². The van der Waals surface area contributed by atoms with Crippen molar-refractivity contribution in [3.63, 3.8) is 0 Å². The zero-order valence-electron chi connectivity index (χ0n) is 14.3. The van der Waals surface area contributed by atoms with Gasteiger partial charge in [-0.15, -0.1) is 5.10 Å². The normalized spacial score (nSPS) is 10.8. The molecule has 1 aromatic heterocycles. The van der Waals surface area contributed by atoms with Gasteiger partial charge in [0.1, 0.15) is 11.6 Å². The van der Waals surface area contributed by atoms with Crippen LogP contribution in [0, 0.1) is 9.37 Å². The molecule has 1 heterocycles. The molecule has 0 spiro atoms. The number of H-pyrrole nitrogens is 1. The van der Waals surface area contributed by atoms with Crippen LogP contribution in [0.2, 0.25) is 0 Å². The zero-order chi connectivity index (χ0) is 18.4. The molecule has 0 radical (unpaired) electrons. The van der Waals surface area contributed by atoms with E-state index in [1.807, 2.05) is 57.0 Å². The minimum Gasteiger partial charge on any atom is -0.273 e. The number of amides is 1. The van der Waals surface area contributed by atoms with Crippen molar-refractivity contribution in [2.24, 2.45) is 5.41 Å². The maximum Gasteiger partial charge on any atom is 0.246 e. The summed E-state index contributed by atoms with van der Waals surface area (Å²) in [5.41, 5.74) is 3.60. The van der Waals surface area contributed by atoms with Crippen molar-refractivity contribution in [1.29, 1.82) is 0 Å². The Hall–Kier alpha value is -2.28. The van der Waals surface area contributed by atoms with Gasteiger partial charge in [0.25, 0.3) is 0 Å². The number of aryl methyl sites for hydroxylation is 1. The van der Waals surface area contributed by atoms with Gasteiger partial charge in [0.15, 0.2) is 3.95 Å². The van der Waals surface area contributed by atoms with Crippen LogP contribution >= 0.6 is 23.6 Å². The van der Waals surface area contributed by atoms with Crippen molar-refractivity contribution in [3.05, 3.63) is 45.5 Å². The van der Waals surface area contributed by atoms with E-state index in [1.165, 1.54) is 16.3 Å². The van der Waals surface area contributed by atoms with Gasteiger partial charge in [-0.1, -0.05) is 62.4 Å². The third-order valence-corrected chi connectivity index (χ3v) is 4.39. The molecule has 2 aromatic rings. The topological polar surface area (TPSA) is 78.1 Å². The molecule has 1 amide bonds. The molecule has 2 rings (SSSR count). The number of hydrogen-bond acceptors (Lipinski definition) is 6. The molecule has 0 aliphatic rings. The number of carbonyl (C=O) groups is 1. The van der Waals surface area contributed by atoms with E-state index in [2.05, 4.69) is 15.6 Å². The predicted octanol–water partition coefficient (Wildman–Crippen LogP) is 3.75. The van der Waals surface area contributed by atoms with E-state index >= 15 is 0 Å². The maximum absolute atomic E-state index is 12.8. The van der Waals surface area contributed by atoms with Gasteiger partial charge in [-0.25, -0.2) is 9.80 Å². The summed E-state index contributed by atoms with van der Waals surface area (Å²) in [7, 11) is 0. The molecule has 0 unspecified atom stereocenters. The monoisotopic (exact) mass is 376 g/mol. The molecule has 0 bridgehead atoms. The van der Waals surface area contributed by atoms with E-state index in [-0.39, 0.29) is 18.0 Å². The fourth-order valence-corrected chi connectivity index (χ4v) is 2.94. The maximum atomic E-state index is 12.8. The van der Waals surface area contributed by atoms with Crippen LogP contribution in [-0.2, 0) is 16.0 Å². The lowest BCUT2D eigenvalue weighted by molar-refractivity contribution is -0.128. The Kier molecular flexibility index (Phi) is 6.25. The smallest absolute Gasteiger partial charge is 0.246 e. The standard InChI is InChI=1S/C17H20N4O2S2/c1-17(2,3)13(11-22)21(20-15-18-19-16(24)25-15)14(23)10-9-12-7-5-4-6-8-12/h4-8H,9-10H2,1-3H3,(H,18,20)(H,19,24). The van der Waals surface area contributed by atoms with E-state index in [9.17, 15) is 9.59 Å². The summed E-state index contributed by atoms with van der Waals surface area (Å²) in [5.74, 6) is 1.66. The molecular formula is C17H20N4O2S2. The Labute approximate surface area is 155 Å². The second-order valence-corrected chi connectivity index (χ2v) is 8.11. The van der Waals surface area contributed by atoms with Crippen molar-refractivity contribution in [2.45, 2.75) is 33.6 Å². The van der Waals surface area contributed by atoms with Crippen LogP contribution in [0.4, 0.5) is 5.13 Å². The summed E-state index contributed by atoms with van der Waals surface area (Å²) < 4.78 is 0.478. The zero-order valence-corrected chi connectivity index (χ0v) is 16.0. The lowest BCUT2D eigenvalue weighted by Crippen LogP contribution is -2.40. The summed E-state index contributed by atoms with van der Waals surface area (Å²) in [6, 6.07) is 9.71. The molecule has 0 saturated carbocycles. The quantitative estimate of drug-likeness (QED) is 0.456. The summed E-state index contributed by atoms with van der Waals surface area (Å²) in [4.78, 5) is 24.3. The number of allylic oxidation sites excluding steroid dienone is 1. The third kappa shape index (κ3) is 5.35. The van der Waals surface area contributed by atoms with Crippen LogP contribution in [0.5, 0.6) is 0 Å². The number of aromatic amines is 1. The number of benzene rings is 1. The third-order valence-electron chi connectivity index (χ3n) is 3.40. The van der Waals surface area contributed by atoms with E-state index in [4.69, 9.17) is 12.2 Å². The van der Waals surface area contributed by atoms with Gasteiger partial charge in [-0.3, -0.25) is 15.3 Å². The highest BCUT2D eigenvalue weighted by Crippen LogP contribution is 2.28. The van der Waals surface area contributed by atoms with Gasteiger partial charge in [0.2, 0.25) is 11.0 Å². The number of nitrogens with one attached hydrogen (secondary N) is 2. The number of hydrazine groups is 1. The highest BCUT2D eigenvalue weighted by atomic mass is 32.1. The van der Waals surface area contributed by atoms with E-state index in [0.717, 1.165) is 5.56 Å². The van der Waals surface area contributed by atoms with Crippen LogP contribution in [0.3, 0.4) is 0 Å². The van der Waals surface area contributed by atoms with Crippen LogP contribution in [0.25, 0.3) is 0 Å². The first kappa shape index (κ1) is 19.1. The van der Waals surface area contributed by atoms with Crippen molar-refractivity contribution in [2.75, 3.05) is 5.43 Å². The Morgan fingerprint density at radius 2 is 2.04 bits per heavy atom. The lowest BCUT2D eigenvalue weighted by atomic mass is 9.92. The SMILES string of the molecule is CC(C)(C)C(=C=O)N(Nc1n[nH]c(=S)s1)C(=O)CCc1ccccc1. The molecule has 25 heavy (non-hydrogen) atoms. The van der Waals surface area contributed by atoms with E-state index in [0.29, 0.717) is 15.5 Å². The van der Waals surface area contributed by atoms with Crippen LogP contribution in [0.15, 0.2) is 36.0 Å². The average Bonchev–Trinajstić information content (AvgIpc) is 2.97. The molecule has 132 valence electrons. The predicted molar refractivity (Wildman–Crippen MR) is 101 cm³/mol. The first-order valence-corrected chi connectivity index (χ1v) is 8.98. The van der Waals surface area contributed by atoms with Crippen molar-refractivity contribution >= 4 is 40.5 Å². The summed E-state index contributed by atoms with van der Waals surface area (Å²) in [6.07, 6.45) is 0.818. The molecule has 1 aromatic carbocycles. The van der Waals surface area contributed by atoms with Crippen LogP contribution in [-0.4, -0.2) is 27.1 Å². The Bertz CT molecular complexity index is 830. The van der Waals surface area contributed by atoms with Gasteiger partial charge in [0.05, 0.1) is 0 Å². The second kappa shape index (κ2) is 8.20. The van der Waals surface area contributed by atoms with Crippen LogP contribution in [0.1, 0.15) is 32.8 Å². The Morgan fingerprint density at radius 1 is 1.36 bits per heavy atom. The average molecular weight is 377 g/mol. The Morgan fingerprint density at radius 3 is 2.56 bits per heavy atom. The number of carbonyl (C=O) groups excluding carboxylic acids is 2. The fourth-order valence-electron chi connectivity index (χ4n) is 2.16. The fraction of sp³-hybridized carbons (Fsp3) is 0.353. The van der Waals surface area contributed by atoms with Crippen molar-refractivity contribution in [3.8, 4) is 0 Å². The number of nitrogens with zero attached hydrogens (tertiary/aromatic N) is 2. The molecule has 8 heteroatoms. The number of hydrogen-bond donors (Lipinski definition) is 2. The molecule has 0 atom stereocenters. The number of aromatic nitrogens is 2. The summed E-state index contributed by atoms with van der Waals surface area (Å²) >= 11 is 6.19. The molecule has 6 nitrogen and oxygen atoms in total. The summed E-state index contributed by atoms with van der Waals surface area (Å²) in [6.45, 7) is 5.54. The first-order valence-electron chi connectivity index (χ1n) is 7.76. The van der Waals surface area contributed by atoms with E-state index < -0.39 is 5.41 Å². The second-order valence-electron chi connectivity index (χ2n) is 6.45. The molecule has 0 aliphatic heterocycles. The number of rotatable bonds is 6. The van der Waals surface area contributed by atoms with Crippen molar-refractivity contribution < 1.29 is 9.59 Å². The lowest BCUT2D eigenvalue weighted by Gasteiger charge is -2.30. The summed E-state index contributed by atoms with van der Waals surface area (Å²) in [5, 5.41) is 8.28. The van der Waals surface area contributed by atoms with Gasteiger partial charge in [-0.05, 0) is 24.2 Å².